The van der Waals surface area contributed by atoms with Crippen molar-refractivity contribution in [3.8, 4) is 17.1 Å². The third kappa shape index (κ3) is 3.43. The Labute approximate surface area is 143 Å². The van der Waals surface area contributed by atoms with E-state index in [0.29, 0.717) is 23.9 Å². The van der Waals surface area contributed by atoms with Gasteiger partial charge in [0, 0.05) is 6.20 Å². The molecular formula is C17H19N5O3. The Kier molecular flexibility index (Phi) is 4.62. The van der Waals surface area contributed by atoms with Crippen LogP contribution in [0.5, 0.6) is 0 Å². The lowest BCUT2D eigenvalue weighted by molar-refractivity contribution is 0.404. The van der Waals surface area contributed by atoms with E-state index >= 15 is 0 Å². The number of para-hydroxylation sites is 1. The Bertz CT molecular complexity index is 972. The van der Waals surface area contributed by atoms with Crippen LogP contribution in [0.2, 0.25) is 0 Å². The first-order valence-corrected chi connectivity index (χ1v) is 7.97. The van der Waals surface area contributed by atoms with Gasteiger partial charge >= 0.3 is 5.69 Å². The van der Waals surface area contributed by atoms with Crippen molar-refractivity contribution in [2.75, 3.05) is 0 Å². The molecular weight excluding hydrogens is 322 g/mol. The van der Waals surface area contributed by atoms with E-state index in [0.717, 1.165) is 4.57 Å². The van der Waals surface area contributed by atoms with Crippen LogP contribution in [0.1, 0.15) is 32.1 Å². The minimum atomic E-state index is -0.545. The molecule has 3 rings (SSSR count). The summed E-state index contributed by atoms with van der Waals surface area (Å²) in [6.07, 6.45) is 1.97. The van der Waals surface area contributed by atoms with E-state index in [1.54, 1.807) is 30.3 Å². The van der Waals surface area contributed by atoms with Crippen molar-refractivity contribution in [3.63, 3.8) is 0 Å². The largest absolute Gasteiger partial charge is 0.334 e. The van der Waals surface area contributed by atoms with E-state index in [2.05, 4.69) is 15.1 Å². The summed E-state index contributed by atoms with van der Waals surface area (Å²) < 4.78 is 6.21. The molecule has 0 bridgehead atoms. The number of aromatic amines is 1. The molecule has 0 aliphatic heterocycles. The maximum Gasteiger partial charge on any atom is 0.333 e. The smallest absolute Gasteiger partial charge is 0.333 e. The van der Waals surface area contributed by atoms with Gasteiger partial charge in [0.15, 0.2) is 5.82 Å². The van der Waals surface area contributed by atoms with Crippen molar-refractivity contribution in [2.24, 2.45) is 11.7 Å². The fraction of sp³-hybridized carbons (Fsp3) is 0.294. The average molecular weight is 341 g/mol. The summed E-state index contributed by atoms with van der Waals surface area (Å²) in [5, 5.41) is 3.86. The molecule has 0 saturated carbocycles. The Balaban J connectivity index is 2.04. The zero-order valence-corrected chi connectivity index (χ0v) is 14.0. The van der Waals surface area contributed by atoms with Gasteiger partial charge in [-0.25, -0.2) is 9.36 Å². The highest BCUT2D eigenvalue weighted by atomic mass is 16.5. The molecule has 0 aliphatic rings. The number of aromatic nitrogens is 4. The van der Waals surface area contributed by atoms with Crippen LogP contribution in [0.15, 0.2) is 50.6 Å². The standard InChI is InChI=1S/C17H19N5O3/c1-10(2)8-13(18)14-20-15(25-21-14)12-9-19-17(24)22(16(12)23)11-6-4-3-5-7-11/h3-7,9-10,13H,8,18H2,1-2H3,(H,19,24). The van der Waals surface area contributed by atoms with Crippen molar-refractivity contribution in [2.45, 2.75) is 26.3 Å². The second-order valence-electron chi connectivity index (χ2n) is 6.18. The van der Waals surface area contributed by atoms with Crippen LogP contribution < -0.4 is 17.0 Å². The van der Waals surface area contributed by atoms with Crippen LogP contribution in [-0.4, -0.2) is 19.7 Å². The number of hydrogen-bond donors (Lipinski definition) is 2. The number of nitrogens with zero attached hydrogens (tertiary/aromatic N) is 3. The molecule has 1 aromatic carbocycles. The van der Waals surface area contributed by atoms with Crippen molar-refractivity contribution in [1.82, 2.24) is 19.7 Å². The highest BCUT2D eigenvalue weighted by Crippen LogP contribution is 2.19. The van der Waals surface area contributed by atoms with E-state index < -0.39 is 11.2 Å². The lowest BCUT2D eigenvalue weighted by Crippen LogP contribution is -2.34. The summed E-state index contributed by atoms with van der Waals surface area (Å²) >= 11 is 0. The third-order valence-corrected chi connectivity index (χ3v) is 3.72. The summed E-state index contributed by atoms with van der Waals surface area (Å²) in [7, 11) is 0. The SMILES string of the molecule is CC(C)CC(N)c1noc(-c2c[nH]c(=O)n(-c3ccccc3)c2=O)n1. The van der Waals surface area contributed by atoms with Crippen LogP contribution in [0, 0.1) is 5.92 Å². The third-order valence-electron chi connectivity index (χ3n) is 3.72. The summed E-state index contributed by atoms with van der Waals surface area (Å²) in [4.78, 5) is 31.6. The summed E-state index contributed by atoms with van der Waals surface area (Å²) in [5.74, 6) is 0.737. The van der Waals surface area contributed by atoms with Crippen LogP contribution in [0.25, 0.3) is 17.1 Å². The fourth-order valence-corrected chi connectivity index (χ4v) is 2.55. The lowest BCUT2D eigenvalue weighted by Gasteiger charge is -2.08. The number of hydrogen-bond acceptors (Lipinski definition) is 6. The molecule has 0 aliphatic carbocycles. The van der Waals surface area contributed by atoms with Crippen LogP contribution in [0.4, 0.5) is 0 Å². The molecule has 0 fully saturated rings. The zero-order chi connectivity index (χ0) is 18.0. The monoisotopic (exact) mass is 341 g/mol. The summed E-state index contributed by atoms with van der Waals surface area (Å²) in [6.45, 7) is 4.09. The van der Waals surface area contributed by atoms with Gasteiger partial charge in [-0.15, -0.1) is 0 Å². The Morgan fingerprint density at radius 1 is 1.24 bits per heavy atom. The summed E-state index contributed by atoms with van der Waals surface area (Å²) in [6, 6.07) is 8.23. The van der Waals surface area contributed by atoms with Gasteiger partial charge in [0.1, 0.15) is 5.56 Å². The molecule has 25 heavy (non-hydrogen) atoms. The minimum absolute atomic E-state index is 0.0279. The molecule has 1 atom stereocenters. The van der Waals surface area contributed by atoms with Crippen LogP contribution >= 0.6 is 0 Å². The van der Waals surface area contributed by atoms with Crippen molar-refractivity contribution in [1.29, 1.82) is 0 Å². The van der Waals surface area contributed by atoms with E-state index in [1.165, 1.54) is 6.20 Å². The minimum Gasteiger partial charge on any atom is -0.334 e. The molecule has 3 N–H and O–H groups in total. The van der Waals surface area contributed by atoms with Gasteiger partial charge in [0.2, 0.25) is 0 Å². The highest BCUT2D eigenvalue weighted by Gasteiger charge is 2.20. The van der Waals surface area contributed by atoms with Crippen LogP contribution in [0.3, 0.4) is 0 Å². The summed E-state index contributed by atoms with van der Waals surface area (Å²) in [5.41, 5.74) is 5.52. The predicted octanol–water partition coefficient (Wildman–Crippen LogP) is 1.62. The van der Waals surface area contributed by atoms with E-state index in [9.17, 15) is 9.59 Å². The molecule has 0 saturated heterocycles. The van der Waals surface area contributed by atoms with Gasteiger partial charge in [0.25, 0.3) is 11.4 Å². The number of benzene rings is 1. The van der Waals surface area contributed by atoms with E-state index in [-0.39, 0.29) is 17.5 Å². The molecule has 0 amide bonds. The number of nitrogens with two attached hydrogens (primary N) is 1. The molecule has 2 heterocycles. The number of H-pyrrole nitrogens is 1. The first-order valence-electron chi connectivity index (χ1n) is 7.97. The highest BCUT2D eigenvalue weighted by molar-refractivity contribution is 5.50. The van der Waals surface area contributed by atoms with Crippen molar-refractivity contribution < 1.29 is 4.52 Å². The number of nitrogens with one attached hydrogen (secondary N) is 1. The van der Waals surface area contributed by atoms with Gasteiger partial charge in [-0.1, -0.05) is 37.2 Å². The zero-order valence-electron chi connectivity index (χ0n) is 14.0. The normalized spacial score (nSPS) is 12.5. The van der Waals surface area contributed by atoms with Gasteiger partial charge in [-0.05, 0) is 24.5 Å². The second kappa shape index (κ2) is 6.86. The van der Waals surface area contributed by atoms with Crippen LogP contribution in [-0.2, 0) is 0 Å². The van der Waals surface area contributed by atoms with Crippen molar-refractivity contribution >= 4 is 0 Å². The van der Waals surface area contributed by atoms with Gasteiger partial charge in [0.05, 0.1) is 11.7 Å². The van der Waals surface area contributed by atoms with Crippen molar-refractivity contribution in [3.05, 3.63) is 63.2 Å². The lowest BCUT2D eigenvalue weighted by atomic mass is 10.0. The van der Waals surface area contributed by atoms with Gasteiger partial charge < -0.3 is 15.2 Å². The van der Waals surface area contributed by atoms with E-state index in [1.807, 2.05) is 13.8 Å². The van der Waals surface area contributed by atoms with Gasteiger partial charge in [-0.3, -0.25) is 4.79 Å². The second-order valence-corrected chi connectivity index (χ2v) is 6.18. The Hall–Kier alpha value is -3.00. The predicted molar refractivity (Wildman–Crippen MR) is 92.3 cm³/mol. The fourth-order valence-electron chi connectivity index (χ4n) is 2.55. The molecule has 130 valence electrons. The molecule has 0 spiro atoms. The molecule has 0 radical (unpaired) electrons. The maximum atomic E-state index is 12.7. The molecule has 1 unspecified atom stereocenters. The Morgan fingerprint density at radius 3 is 2.64 bits per heavy atom. The molecule has 3 aromatic rings. The first-order chi connectivity index (χ1) is 12.0. The quantitative estimate of drug-likeness (QED) is 0.727. The first kappa shape index (κ1) is 16.8. The number of rotatable bonds is 5. The average Bonchev–Trinajstić information content (AvgIpc) is 3.05. The topological polar surface area (TPSA) is 120 Å². The molecule has 8 heteroatoms. The Morgan fingerprint density at radius 2 is 1.96 bits per heavy atom. The maximum absolute atomic E-state index is 12.7. The molecule has 8 nitrogen and oxygen atoms in total. The van der Waals surface area contributed by atoms with Gasteiger partial charge in [-0.2, -0.15) is 4.98 Å². The molecule has 2 aromatic heterocycles. The van der Waals surface area contributed by atoms with E-state index in [4.69, 9.17) is 10.3 Å².